The Labute approximate surface area is 158 Å². The number of benzene rings is 3. The molecule has 0 amide bonds. The summed E-state index contributed by atoms with van der Waals surface area (Å²) in [6.45, 7) is 6.16. The number of aryl methyl sites for hydroxylation is 2. The molecule has 0 radical (unpaired) electrons. The van der Waals surface area contributed by atoms with Gasteiger partial charge in [0.25, 0.3) is 0 Å². The molecule has 1 unspecified atom stereocenters. The number of rotatable bonds is 3. The van der Waals surface area contributed by atoms with Gasteiger partial charge in [-0.05, 0) is 56.7 Å². The van der Waals surface area contributed by atoms with Gasteiger partial charge >= 0.3 is 0 Å². The van der Waals surface area contributed by atoms with Crippen LogP contribution in [0.4, 0.5) is 0 Å². The fourth-order valence-electron chi connectivity index (χ4n) is 2.70. The molecular weight excluding hydrogens is 336 g/mol. The van der Waals surface area contributed by atoms with E-state index in [9.17, 15) is 4.21 Å². The van der Waals surface area contributed by atoms with Crippen molar-refractivity contribution in [3.8, 4) is 11.8 Å². The standard InChI is InChI=1S/C24H22OS/c1-18-8-13-21(14-9-18)15-12-20(3)23-6-4-5-7-24(23)26(25)22-16-10-19(2)11-17-22/h4-11,13-14,16-17,20H,1-3H3/t20-,26?/m1/s1. The first-order valence-electron chi connectivity index (χ1n) is 8.70. The molecule has 3 rings (SSSR count). The van der Waals surface area contributed by atoms with Crippen LogP contribution < -0.4 is 0 Å². The molecule has 0 saturated heterocycles. The summed E-state index contributed by atoms with van der Waals surface area (Å²) >= 11 is 0. The van der Waals surface area contributed by atoms with E-state index in [-0.39, 0.29) is 5.92 Å². The average Bonchev–Trinajstić information content (AvgIpc) is 2.67. The third-order valence-corrected chi connectivity index (χ3v) is 5.78. The molecule has 0 bridgehead atoms. The third-order valence-electron chi connectivity index (χ3n) is 4.30. The summed E-state index contributed by atoms with van der Waals surface area (Å²) < 4.78 is 13.1. The first-order chi connectivity index (χ1) is 12.5. The zero-order valence-electron chi connectivity index (χ0n) is 15.3. The van der Waals surface area contributed by atoms with Gasteiger partial charge in [0, 0.05) is 21.3 Å². The van der Waals surface area contributed by atoms with Crippen molar-refractivity contribution >= 4 is 10.8 Å². The van der Waals surface area contributed by atoms with Crippen LogP contribution in [0, 0.1) is 25.7 Å². The van der Waals surface area contributed by atoms with E-state index in [2.05, 4.69) is 37.8 Å². The number of hydrogen-bond donors (Lipinski definition) is 0. The quantitative estimate of drug-likeness (QED) is 0.555. The lowest BCUT2D eigenvalue weighted by molar-refractivity contribution is 0.681. The molecule has 0 aliphatic rings. The minimum absolute atomic E-state index is 0.00176. The van der Waals surface area contributed by atoms with E-state index in [1.807, 2.05) is 67.6 Å². The smallest absolute Gasteiger partial charge is 0.0852 e. The van der Waals surface area contributed by atoms with E-state index in [0.717, 1.165) is 26.5 Å². The topological polar surface area (TPSA) is 17.1 Å². The van der Waals surface area contributed by atoms with E-state index in [1.54, 1.807) is 0 Å². The van der Waals surface area contributed by atoms with E-state index in [1.165, 1.54) is 5.56 Å². The second-order valence-electron chi connectivity index (χ2n) is 6.48. The predicted molar refractivity (Wildman–Crippen MR) is 109 cm³/mol. The Bertz CT molecular complexity index is 973. The molecule has 0 aliphatic heterocycles. The highest BCUT2D eigenvalue weighted by Crippen LogP contribution is 2.26. The van der Waals surface area contributed by atoms with Crippen molar-refractivity contribution in [1.29, 1.82) is 0 Å². The van der Waals surface area contributed by atoms with Crippen LogP contribution in [0.25, 0.3) is 0 Å². The van der Waals surface area contributed by atoms with Gasteiger partial charge in [-0.2, -0.15) is 0 Å². The van der Waals surface area contributed by atoms with Gasteiger partial charge < -0.3 is 0 Å². The molecule has 0 saturated carbocycles. The zero-order valence-corrected chi connectivity index (χ0v) is 16.1. The zero-order chi connectivity index (χ0) is 18.5. The van der Waals surface area contributed by atoms with Gasteiger partial charge in [0.1, 0.15) is 0 Å². The van der Waals surface area contributed by atoms with Crippen molar-refractivity contribution < 1.29 is 4.21 Å². The molecule has 0 fully saturated rings. The van der Waals surface area contributed by atoms with Crippen molar-refractivity contribution in [2.75, 3.05) is 0 Å². The summed E-state index contributed by atoms with van der Waals surface area (Å²) in [7, 11) is -1.21. The molecule has 0 aliphatic carbocycles. The van der Waals surface area contributed by atoms with Gasteiger partial charge in [-0.3, -0.25) is 0 Å². The average molecular weight is 359 g/mol. The van der Waals surface area contributed by atoms with E-state index in [0.29, 0.717) is 0 Å². The summed E-state index contributed by atoms with van der Waals surface area (Å²) in [6, 6.07) is 23.9. The minimum atomic E-state index is -1.21. The van der Waals surface area contributed by atoms with Gasteiger partial charge in [-0.25, -0.2) is 4.21 Å². The summed E-state index contributed by atoms with van der Waals surface area (Å²) in [5, 5.41) is 0. The fraction of sp³-hybridized carbons (Fsp3) is 0.167. The summed E-state index contributed by atoms with van der Waals surface area (Å²) in [5.74, 6) is 6.54. The first kappa shape index (κ1) is 18.2. The highest BCUT2D eigenvalue weighted by molar-refractivity contribution is 7.85. The van der Waals surface area contributed by atoms with Crippen LogP contribution in [0.3, 0.4) is 0 Å². The summed E-state index contributed by atoms with van der Waals surface area (Å²) in [5.41, 5.74) is 4.41. The summed E-state index contributed by atoms with van der Waals surface area (Å²) in [4.78, 5) is 1.66. The molecule has 1 nitrogen and oxygen atoms in total. The van der Waals surface area contributed by atoms with Gasteiger partial charge in [-0.15, -0.1) is 0 Å². The maximum Gasteiger partial charge on any atom is 0.0852 e. The Hall–Kier alpha value is -2.63. The highest BCUT2D eigenvalue weighted by atomic mass is 32.2. The van der Waals surface area contributed by atoms with Crippen LogP contribution >= 0.6 is 0 Å². The molecule has 2 atom stereocenters. The van der Waals surface area contributed by atoms with Gasteiger partial charge in [0.15, 0.2) is 0 Å². The van der Waals surface area contributed by atoms with Crippen molar-refractivity contribution in [2.24, 2.45) is 0 Å². The van der Waals surface area contributed by atoms with Crippen molar-refractivity contribution in [3.05, 3.63) is 95.1 Å². The van der Waals surface area contributed by atoms with E-state index in [4.69, 9.17) is 0 Å². The first-order valence-corrected chi connectivity index (χ1v) is 9.85. The predicted octanol–water partition coefficient (Wildman–Crippen LogP) is 5.63. The van der Waals surface area contributed by atoms with Gasteiger partial charge in [0.05, 0.1) is 10.8 Å². The van der Waals surface area contributed by atoms with Crippen LogP contribution in [-0.4, -0.2) is 4.21 Å². The highest BCUT2D eigenvalue weighted by Gasteiger charge is 2.15. The van der Waals surface area contributed by atoms with Crippen LogP contribution in [0.1, 0.15) is 35.1 Å². The Morgan fingerprint density at radius 3 is 2.04 bits per heavy atom. The van der Waals surface area contributed by atoms with Crippen molar-refractivity contribution in [1.82, 2.24) is 0 Å². The molecule has 0 N–H and O–H groups in total. The normalized spacial score (nSPS) is 12.7. The molecule has 0 heterocycles. The lowest BCUT2D eigenvalue weighted by atomic mass is 10.0. The fourth-order valence-corrected chi connectivity index (χ4v) is 4.00. The van der Waals surface area contributed by atoms with E-state index >= 15 is 0 Å². The maximum atomic E-state index is 13.1. The lowest BCUT2D eigenvalue weighted by Gasteiger charge is -2.12. The summed E-state index contributed by atoms with van der Waals surface area (Å²) in [6.07, 6.45) is 0. The van der Waals surface area contributed by atoms with Crippen LogP contribution in [0.5, 0.6) is 0 Å². The molecule has 3 aromatic rings. The van der Waals surface area contributed by atoms with Crippen molar-refractivity contribution in [3.63, 3.8) is 0 Å². The lowest BCUT2D eigenvalue weighted by Crippen LogP contribution is -2.01. The Kier molecular flexibility index (Phi) is 5.71. The number of hydrogen-bond acceptors (Lipinski definition) is 1. The molecule has 0 aromatic heterocycles. The molecule has 26 heavy (non-hydrogen) atoms. The third kappa shape index (κ3) is 4.31. The maximum absolute atomic E-state index is 13.1. The van der Waals surface area contributed by atoms with Crippen LogP contribution in [-0.2, 0) is 10.8 Å². The Morgan fingerprint density at radius 2 is 1.38 bits per heavy atom. The SMILES string of the molecule is Cc1ccc(C#C[C@@H](C)c2ccccc2S(=O)c2ccc(C)cc2)cc1. The molecule has 3 aromatic carbocycles. The second-order valence-corrected chi connectivity index (χ2v) is 7.93. The van der Waals surface area contributed by atoms with Crippen LogP contribution in [0.2, 0.25) is 0 Å². The monoisotopic (exact) mass is 358 g/mol. The van der Waals surface area contributed by atoms with Gasteiger partial charge in [0.2, 0.25) is 0 Å². The Balaban J connectivity index is 1.90. The minimum Gasteiger partial charge on any atom is -0.249 e. The van der Waals surface area contributed by atoms with Gasteiger partial charge in [-0.1, -0.05) is 65.4 Å². The Morgan fingerprint density at radius 1 is 0.808 bits per heavy atom. The molecule has 130 valence electrons. The van der Waals surface area contributed by atoms with Crippen molar-refractivity contribution in [2.45, 2.75) is 36.5 Å². The largest absolute Gasteiger partial charge is 0.249 e. The second kappa shape index (κ2) is 8.17. The van der Waals surface area contributed by atoms with Crippen LogP contribution in [0.15, 0.2) is 82.6 Å². The molecular formula is C24H22OS. The molecule has 0 spiro atoms. The molecule has 2 heteroatoms. The van der Waals surface area contributed by atoms with E-state index < -0.39 is 10.8 Å².